The van der Waals surface area contributed by atoms with E-state index >= 15 is 0 Å². The van der Waals surface area contributed by atoms with Gasteiger partial charge in [-0.2, -0.15) is 13.2 Å². The van der Waals surface area contributed by atoms with Gasteiger partial charge >= 0.3 is 6.18 Å². The van der Waals surface area contributed by atoms with Gasteiger partial charge < -0.3 is 14.8 Å². The highest BCUT2D eigenvalue weighted by atomic mass is 19.4. The minimum Gasteiger partial charge on any atom is -0.361 e. The second kappa shape index (κ2) is 7.90. The van der Waals surface area contributed by atoms with Crippen molar-refractivity contribution in [2.75, 3.05) is 0 Å². The number of rotatable bonds is 5. The Morgan fingerprint density at radius 2 is 1.87 bits per heavy atom. The highest BCUT2D eigenvalue weighted by Crippen LogP contribution is 2.30. The van der Waals surface area contributed by atoms with Gasteiger partial charge in [-0.15, -0.1) is 0 Å². The molecule has 4 aromatic rings. The molecular weight excluding hydrogens is 409 g/mol. The molecule has 6 nitrogen and oxygen atoms in total. The number of fused-ring (bicyclic) bond motifs is 1. The Morgan fingerprint density at radius 1 is 1.13 bits per heavy atom. The fourth-order valence-electron chi connectivity index (χ4n) is 3.47. The average molecular weight is 428 g/mol. The van der Waals surface area contributed by atoms with Gasteiger partial charge in [-0.05, 0) is 37.1 Å². The summed E-state index contributed by atoms with van der Waals surface area (Å²) >= 11 is 0. The predicted octanol–water partition coefficient (Wildman–Crippen LogP) is 4.63. The number of nitrogens with zero attached hydrogens (tertiary/aromatic N) is 2. The number of carbonyl (C=O) groups is 1. The molecule has 2 heterocycles. The van der Waals surface area contributed by atoms with Crippen molar-refractivity contribution in [3.05, 3.63) is 82.5 Å². The summed E-state index contributed by atoms with van der Waals surface area (Å²) < 4.78 is 44.1. The van der Waals surface area contributed by atoms with E-state index in [-0.39, 0.29) is 23.4 Å². The molecule has 0 bridgehead atoms. The van der Waals surface area contributed by atoms with Crippen LogP contribution in [0.25, 0.3) is 11.0 Å². The van der Waals surface area contributed by atoms with Gasteiger partial charge in [0.15, 0.2) is 0 Å². The SMILES string of the molecule is Cc1noc(C)c1CC(=O)N[C@@H](c1ccccc1)c1ccc2nc(C(F)(F)F)[nH]c2c1. The smallest absolute Gasteiger partial charge is 0.361 e. The zero-order valence-corrected chi connectivity index (χ0v) is 16.7. The molecule has 0 aliphatic carbocycles. The molecule has 0 unspecified atom stereocenters. The van der Waals surface area contributed by atoms with Crippen LogP contribution in [0.15, 0.2) is 53.1 Å². The van der Waals surface area contributed by atoms with Crippen molar-refractivity contribution in [1.29, 1.82) is 0 Å². The molecule has 1 atom stereocenters. The first-order valence-corrected chi connectivity index (χ1v) is 9.55. The fourth-order valence-corrected chi connectivity index (χ4v) is 3.47. The van der Waals surface area contributed by atoms with Gasteiger partial charge in [0.1, 0.15) is 5.76 Å². The summed E-state index contributed by atoms with van der Waals surface area (Å²) in [6.07, 6.45) is -4.49. The fraction of sp³-hybridized carbons (Fsp3) is 0.227. The van der Waals surface area contributed by atoms with Gasteiger partial charge in [0.05, 0.1) is 29.2 Å². The largest absolute Gasteiger partial charge is 0.449 e. The van der Waals surface area contributed by atoms with Crippen LogP contribution in [0.3, 0.4) is 0 Å². The highest BCUT2D eigenvalue weighted by molar-refractivity contribution is 5.81. The zero-order chi connectivity index (χ0) is 22.2. The Hall–Kier alpha value is -3.62. The maximum Gasteiger partial charge on any atom is 0.449 e. The van der Waals surface area contributed by atoms with Crippen molar-refractivity contribution in [1.82, 2.24) is 20.4 Å². The number of halogens is 3. The first kappa shape index (κ1) is 20.6. The van der Waals surface area contributed by atoms with E-state index in [9.17, 15) is 18.0 Å². The van der Waals surface area contributed by atoms with Crippen molar-refractivity contribution in [3.63, 3.8) is 0 Å². The van der Waals surface area contributed by atoms with E-state index in [4.69, 9.17) is 4.52 Å². The minimum atomic E-state index is -4.57. The third-order valence-corrected chi connectivity index (χ3v) is 5.06. The second-order valence-electron chi connectivity index (χ2n) is 7.25. The maximum absolute atomic E-state index is 13.0. The molecule has 1 amide bonds. The molecule has 4 rings (SSSR count). The second-order valence-corrected chi connectivity index (χ2v) is 7.25. The van der Waals surface area contributed by atoms with Crippen LogP contribution in [0.4, 0.5) is 13.2 Å². The van der Waals surface area contributed by atoms with E-state index in [1.54, 1.807) is 26.0 Å². The van der Waals surface area contributed by atoms with E-state index < -0.39 is 18.0 Å². The van der Waals surface area contributed by atoms with Crippen LogP contribution in [0, 0.1) is 13.8 Å². The number of carbonyl (C=O) groups excluding carboxylic acids is 1. The molecule has 0 aliphatic heterocycles. The van der Waals surface area contributed by atoms with Crippen molar-refractivity contribution < 1.29 is 22.5 Å². The van der Waals surface area contributed by atoms with E-state index in [0.717, 1.165) is 5.56 Å². The summed E-state index contributed by atoms with van der Waals surface area (Å²) in [6.45, 7) is 3.50. The summed E-state index contributed by atoms with van der Waals surface area (Å²) in [7, 11) is 0. The summed E-state index contributed by atoms with van der Waals surface area (Å²) in [5.74, 6) is -0.746. The predicted molar refractivity (Wildman–Crippen MR) is 107 cm³/mol. The summed E-state index contributed by atoms with van der Waals surface area (Å²) in [5.41, 5.74) is 3.22. The van der Waals surface area contributed by atoms with Crippen LogP contribution in [-0.2, 0) is 17.4 Å². The number of aromatic nitrogens is 3. The maximum atomic E-state index is 13.0. The average Bonchev–Trinajstić information content (AvgIpc) is 3.31. The molecule has 31 heavy (non-hydrogen) atoms. The number of amides is 1. The molecule has 0 saturated heterocycles. The summed E-state index contributed by atoms with van der Waals surface area (Å²) in [6, 6.07) is 13.4. The molecule has 2 aromatic heterocycles. The van der Waals surface area contributed by atoms with Gasteiger partial charge in [0.2, 0.25) is 11.7 Å². The van der Waals surface area contributed by atoms with Crippen LogP contribution in [-0.4, -0.2) is 21.0 Å². The van der Waals surface area contributed by atoms with E-state index in [2.05, 4.69) is 20.4 Å². The molecule has 2 N–H and O–H groups in total. The monoisotopic (exact) mass is 428 g/mol. The molecule has 160 valence electrons. The number of imidazole rings is 1. The quantitative estimate of drug-likeness (QED) is 0.485. The third-order valence-electron chi connectivity index (χ3n) is 5.06. The van der Waals surface area contributed by atoms with E-state index in [1.165, 1.54) is 6.07 Å². The van der Waals surface area contributed by atoms with Crippen molar-refractivity contribution in [2.24, 2.45) is 0 Å². The minimum absolute atomic E-state index is 0.0784. The molecule has 0 saturated carbocycles. The third kappa shape index (κ3) is 4.30. The molecule has 0 spiro atoms. The number of alkyl halides is 3. The Morgan fingerprint density at radius 3 is 2.52 bits per heavy atom. The van der Waals surface area contributed by atoms with Crippen LogP contribution in [0.1, 0.15) is 40.0 Å². The Kier molecular flexibility index (Phi) is 5.26. The Bertz CT molecular complexity index is 1210. The van der Waals surface area contributed by atoms with Gasteiger partial charge in [-0.3, -0.25) is 4.79 Å². The lowest BCUT2D eigenvalue weighted by Crippen LogP contribution is -2.30. The highest BCUT2D eigenvalue weighted by Gasteiger charge is 2.34. The zero-order valence-electron chi connectivity index (χ0n) is 16.7. The molecule has 0 radical (unpaired) electrons. The number of benzene rings is 2. The summed E-state index contributed by atoms with van der Waals surface area (Å²) in [5, 5.41) is 6.84. The van der Waals surface area contributed by atoms with Crippen LogP contribution in [0.5, 0.6) is 0 Å². The van der Waals surface area contributed by atoms with Crippen LogP contribution >= 0.6 is 0 Å². The van der Waals surface area contributed by atoms with E-state index in [1.807, 2.05) is 30.3 Å². The number of aryl methyl sites for hydroxylation is 2. The lowest BCUT2D eigenvalue weighted by atomic mass is 9.97. The Balaban J connectivity index is 1.68. The van der Waals surface area contributed by atoms with Crippen molar-refractivity contribution in [2.45, 2.75) is 32.5 Å². The molecule has 2 aromatic carbocycles. The lowest BCUT2D eigenvalue weighted by Gasteiger charge is -2.20. The molecule has 9 heteroatoms. The van der Waals surface area contributed by atoms with Crippen molar-refractivity contribution >= 4 is 16.9 Å². The van der Waals surface area contributed by atoms with Gasteiger partial charge in [0, 0.05) is 5.56 Å². The molecular formula is C22H19F3N4O2. The standard InChI is InChI=1S/C22H19F3N4O2/c1-12-16(13(2)31-29-12)11-19(30)28-20(14-6-4-3-5-7-14)15-8-9-17-18(10-15)27-21(26-17)22(23,24)25/h3-10,20H,11H2,1-2H3,(H,26,27)(H,28,30)/t20-/m0/s1. The van der Waals surface area contributed by atoms with Gasteiger partial charge in [-0.1, -0.05) is 41.6 Å². The first-order valence-electron chi connectivity index (χ1n) is 9.55. The number of aromatic amines is 1. The van der Waals surface area contributed by atoms with Crippen LogP contribution in [0.2, 0.25) is 0 Å². The number of H-pyrrole nitrogens is 1. The van der Waals surface area contributed by atoms with E-state index in [0.29, 0.717) is 22.6 Å². The number of hydrogen-bond acceptors (Lipinski definition) is 4. The first-order chi connectivity index (χ1) is 14.7. The Labute approximate surface area is 175 Å². The molecule has 0 aliphatic rings. The van der Waals surface area contributed by atoms with Crippen LogP contribution < -0.4 is 5.32 Å². The summed E-state index contributed by atoms with van der Waals surface area (Å²) in [4.78, 5) is 18.7. The van der Waals surface area contributed by atoms with Crippen molar-refractivity contribution in [3.8, 4) is 0 Å². The van der Waals surface area contributed by atoms with Gasteiger partial charge in [-0.25, -0.2) is 4.98 Å². The van der Waals surface area contributed by atoms with Gasteiger partial charge in [0.25, 0.3) is 0 Å². The topological polar surface area (TPSA) is 83.8 Å². The lowest BCUT2D eigenvalue weighted by molar-refractivity contribution is -0.144. The normalized spacial score (nSPS) is 12.8. The number of nitrogens with one attached hydrogen (secondary N) is 2. The molecule has 0 fully saturated rings. The number of hydrogen-bond donors (Lipinski definition) is 2.